The quantitative estimate of drug-likeness (QED) is 0.890. The summed E-state index contributed by atoms with van der Waals surface area (Å²) in [6.45, 7) is 0. The first-order chi connectivity index (χ1) is 10.7. The Morgan fingerprint density at radius 2 is 1.73 bits per heavy atom. The van der Waals surface area contributed by atoms with Crippen LogP contribution in [0.5, 0.6) is 0 Å². The van der Waals surface area contributed by atoms with E-state index < -0.39 is 5.60 Å². The Kier molecular flexibility index (Phi) is 2.54. The van der Waals surface area contributed by atoms with Crippen molar-refractivity contribution in [2.45, 2.75) is 43.7 Å². The largest absolute Gasteiger partial charge is 0.390 e. The zero-order chi connectivity index (χ0) is 14.7. The van der Waals surface area contributed by atoms with Gasteiger partial charge in [-0.3, -0.25) is 0 Å². The number of fused-ring (bicyclic) bond motifs is 1. The lowest BCUT2D eigenvalue weighted by atomic mass is 9.52. The molecule has 0 aliphatic heterocycles. The van der Waals surface area contributed by atoms with Gasteiger partial charge in [0.1, 0.15) is 5.52 Å². The number of benzene rings is 1. The summed E-state index contributed by atoms with van der Waals surface area (Å²) in [6.07, 6.45) is 5.34. The normalized spacial score (nSPS) is 39.3. The maximum Gasteiger partial charge on any atom is 0.243 e. The first-order valence-corrected chi connectivity index (χ1v) is 8.27. The second kappa shape index (κ2) is 4.38. The van der Waals surface area contributed by atoms with Crippen molar-refractivity contribution in [3.63, 3.8) is 0 Å². The van der Waals surface area contributed by atoms with Crippen LogP contribution in [0.1, 0.15) is 32.1 Å². The second-order valence-corrected chi connectivity index (χ2v) is 7.49. The molecule has 22 heavy (non-hydrogen) atoms. The fourth-order valence-electron chi connectivity index (χ4n) is 5.31. The molecule has 1 aromatic carbocycles. The highest BCUT2D eigenvalue weighted by atomic mass is 16.3. The molecule has 2 unspecified atom stereocenters. The minimum Gasteiger partial charge on any atom is -0.390 e. The smallest absolute Gasteiger partial charge is 0.243 e. The van der Waals surface area contributed by atoms with E-state index in [0.717, 1.165) is 36.2 Å². The molecule has 2 aromatic rings. The van der Waals surface area contributed by atoms with Crippen LogP contribution in [0.4, 0.5) is 5.95 Å². The minimum atomic E-state index is -0.392. The van der Waals surface area contributed by atoms with Gasteiger partial charge in [0.05, 0.1) is 11.1 Å². The van der Waals surface area contributed by atoms with E-state index >= 15 is 0 Å². The summed E-state index contributed by atoms with van der Waals surface area (Å²) in [4.78, 5) is 4.60. The number of para-hydroxylation sites is 1. The molecule has 4 aliphatic rings. The van der Waals surface area contributed by atoms with Gasteiger partial charge in [0, 0.05) is 6.04 Å². The van der Waals surface area contributed by atoms with Gasteiger partial charge in [0.25, 0.3) is 0 Å². The maximum atomic E-state index is 10.7. The van der Waals surface area contributed by atoms with Crippen molar-refractivity contribution in [2.75, 3.05) is 5.32 Å². The van der Waals surface area contributed by atoms with Crippen LogP contribution < -0.4 is 5.32 Å². The Morgan fingerprint density at radius 1 is 1.00 bits per heavy atom. The fraction of sp³-hybridized carbons (Fsp3) is 0.588. The van der Waals surface area contributed by atoms with Crippen molar-refractivity contribution < 1.29 is 5.11 Å². The van der Waals surface area contributed by atoms with Crippen LogP contribution in [-0.2, 0) is 0 Å². The van der Waals surface area contributed by atoms with E-state index in [4.69, 9.17) is 0 Å². The number of aliphatic hydroxyl groups is 1. The highest BCUT2D eigenvalue weighted by molar-refractivity contribution is 5.74. The molecule has 4 bridgehead atoms. The Hall–Kier alpha value is -1.75. The van der Waals surface area contributed by atoms with E-state index in [1.807, 2.05) is 24.3 Å². The molecule has 2 atom stereocenters. The van der Waals surface area contributed by atoms with Gasteiger partial charge in [-0.2, -0.15) is 0 Å². The highest BCUT2D eigenvalue weighted by Gasteiger charge is 2.54. The Bertz CT molecular complexity index is 717. The van der Waals surface area contributed by atoms with E-state index in [9.17, 15) is 5.11 Å². The van der Waals surface area contributed by atoms with E-state index in [1.165, 1.54) is 12.8 Å². The first-order valence-electron chi connectivity index (χ1n) is 8.27. The van der Waals surface area contributed by atoms with Crippen LogP contribution in [0.3, 0.4) is 0 Å². The van der Waals surface area contributed by atoms with E-state index in [0.29, 0.717) is 23.8 Å². The molecule has 5 nitrogen and oxygen atoms in total. The number of hydrogen-bond acceptors (Lipinski definition) is 5. The molecule has 4 aliphatic carbocycles. The fourth-order valence-corrected chi connectivity index (χ4v) is 5.31. The van der Waals surface area contributed by atoms with Gasteiger partial charge in [0.2, 0.25) is 5.95 Å². The second-order valence-electron chi connectivity index (χ2n) is 7.49. The Balaban J connectivity index is 1.43. The van der Waals surface area contributed by atoms with Crippen molar-refractivity contribution in [3.8, 4) is 0 Å². The van der Waals surface area contributed by atoms with Crippen LogP contribution in [0.15, 0.2) is 24.3 Å². The molecule has 4 saturated carbocycles. The number of rotatable bonds is 2. The van der Waals surface area contributed by atoms with Crippen LogP contribution in [-0.4, -0.2) is 31.9 Å². The number of anilines is 1. The molecule has 1 aromatic heterocycles. The van der Waals surface area contributed by atoms with Crippen LogP contribution in [0, 0.1) is 17.8 Å². The molecule has 1 heterocycles. The summed E-state index contributed by atoms with van der Waals surface area (Å²) >= 11 is 0. The average Bonchev–Trinajstić information content (AvgIpc) is 2.49. The lowest BCUT2D eigenvalue weighted by Crippen LogP contribution is -2.59. The topological polar surface area (TPSA) is 70.9 Å². The number of nitrogens with zero attached hydrogens (tertiary/aromatic N) is 3. The van der Waals surface area contributed by atoms with E-state index in [-0.39, 0.29) is 0 Å². The standard InChI is InChI=1S/C17H20N4O/c22-17-7-10-5-11(8-17)15(12(6-10)9-17)19-16-18-13-3-1-2-4-14(13)20-21-16/h1-4,10-12,15,22H,5-9H2,(H,18,19,21). The number of aromatic nitrogens is 3. The highest BCUT2D eigenvalue weighted by Crippen LogP contribution is 2.56. The first kappa shape index (κ1) is 12.8. The molecule has 4 fully saturated rings. The van der Waals surface area contributed by atoms with Crippen LogP contribution in [0.2, 0.25) is 0 Å². The third kappa shape index (κ3) is 1.92. The third-order valence-electron chi connectivity index (χ3n) is 5.90. The summed E-state index contributed by atoms with van der Waals surface area (Å²) in [5, 5.41) is 22.7. The van der Waals surface area contributed by atoms with Gasteiger partial charge < -0.3 is 10.4 Å². The van der Waals surface area contributed by atoms with Gasteiger partial charge in [-0.05, 0) is 62.0 Å². The lowest BCUT2D eigenvalue weighted by molar-refractivity contribution is -0.129. The van der Waals surface area contributed by atoms with Crippen LogP contribution >= 0.6 is 0 Å². The molecule has 0 amide bonds. The molecule has 2 N–H and O–H groups in total. The Morgan fingerprint density at radius 3 is 2.45 bits per heavy atom. The SMILES string of the molecule is OC12CC3CC(C1)C(Nc1nnc4ccccc4n1)C(C3)C2. The zero-order valence-corrected chi connectivity index (χ0v) is 12.4. The van der Waals surface area contributed by atoms with Gasteiger partial charge in [-0.1, -0.05) is 12.1 Å². The molecule has 0 saturated heterocycles. The predicted octanol–water partition coefficient (Wildman–Crippen LogP) is 2.38. The van der Waals surface area contributed by atoms with Gasteiger partial charge >= 0.3 is 0 Å². The van der Waals surface area contributed by atoms with Crippen molar-refractivity contribution in [1.82, 2.24) is 15.2 Å². The molecule has 6 rings (SSSR count). The van der Waals surface area contributed by atoms with Gasteiger partial charge in [0.15, 0.2) is 0 Å². The lowest BCUT2D eigenvalue weighted by Gasteiger charge is -2.58. The predicted molar refractivity (Wildman–Crippen MR) is 83.2 cm³/mol. The summed E-state index contributed by atoms with van der Waals surface area (Å²) in [6, 6.07) is 8.20. The molecule has 5 heteroatoms. The monoisotopic (exact) mass is 296 g/mol. The maximum absolute atomic E-state index is 10.7. The zero-order valence-electron chi connectivity index (χ0n) is 12.4. The molecule has 0 spiro atoms. The van der Waals surface area contributed by atoms with Crippen molar-refractivity contribution in [1.29, 1.82) is 0 Å². The van der Waals surface area contributed by atoms with Crippen molar-refractivity contribution in [2.24, 2.45) is 17.8 Å². The van der Waals surface area contributed by atoms with E-state index in [2.05, 4.69) is 20.5 Å². The molecule has 0 radical (unpaired) electrons. The summed E-state index contributed by atoms with van der Waals surface area (Å²) in [5.41, 5.74) is 1.31. The molecular weight excluding hydrogens is 276 g/mol. The molecule has 114 valence electrons. The summed E-state index contributed by atoms with van der Waals surface area (Å²) in [7, 11) is 0. The minimum absolute atomic E-state index is 0.389. The molecular formula is C17H20N4O. The summed E-state index contributed by atoms with van der Waals surface area (Å²) in [5.74, 6) is 2.44. The number of nitrogens with one attached hydrogen (secondary N) is 1. The van der Waals surface area contributed by atoms with Gasteiger partial charge in [-0.25, -0.2) is 4.98 Å². The Labute approximate surface area is 129 Å². The van der Waals surface area contributed by atoms with Gasteiger partial charge in [-0.15, -0.1) is 10.2 Å². The average molecular weight is 296 g/mol. The third-order valence-corrected chi connectivity index (χ3v) is 5.90. The summed E-state index contributed by atoms with van der Waals surface area (Å²) < 4.78 is 0. The van der Waals surface area contributed by atoms with E-state index in [1.54, 1.807) is 0 Å². The number of hydrogen-bond donors (Lipinski definition) is 2. The van der Waals surface area contributed by atoms with Crippen molar-refractivity contribution in [3.05, 3.63) is 24.3 Å². The van der Waals surface area contributed by atoms with Crippen molar-refractivity contribution >= 4 is 17.0 Å². The van der Waals surface area contributed by atoms with Crippen LogP contribution in [0.25, 0.3) is 11.0 Å².